The lowest BCUT2D eigenvalue weighted by Crippen LogP contribution is -2.37. The van der Waals surface area contributed by atoms with Crippen molar-refractivity contribution < 1.29 is 4.74 Å². The highest BCUT2D eigenvalue weighted by molar-refractivity contribution is 5.47. The molecule has 5 nitrogen and oxygen atoms in total. The minimum Gasteiger partial charge on any atom is -0.358 e. The minimum absolute atomic E-state index is 0.0425. The Labute approximate surface area is 199 Å². The second kappa shape index (κ2) is 10.9. The van der Waals surface area contributed by atoms with Crippen molar-refractivity contribution in [3.05, 3.63) is 141 Å². The van der Waals surface area contributed by atoms with E-state index in [-0.39, 0.29) is 17.4 Å². The Kier molecular flexibility index (Phi) is 7.55. The Morgan fingerprint density at radius 1 is 0.794 bits per heavy atom. The molecule has 174 valence electrons. The molecule has 0 radical (unpaired) electrons. The van der Waals surface area contributed by atoms with Crippen LogP contribution in [0, 0.1) is 0 Å². The van der Waals surface area contributed by atoms with Crippen molar-refractivity contribution >= 4 is 0 Å². The molecule has 34 heavy (non-hydrogen) atoms. The second-order valence-corrected chi connectivity index (χ2v) is 8.37. The van der Waals surface area contributed by atoms with Crippen molar-refractivity contribution in [3.63, 3.8) is 0 Å². The molecule has 0 fully saturated rings. The monoisotopic (exact) mass is 454 g/mol. The van der Waals surface area contributed by atoms with Gasteiger partial charge in [0.05, 0.1) is 6.10 Å². The van der Waals surface area contributed by atoms with Crippen LogP contribution in [0.25, 0.3) is 0 Å². The van der Waals surface area contributed by atoms with Crippen molar-refractivity contribution in [1.82, 2.24) is 9.55 Å². The third-order valence-corrected chi connectivity index (χ3v) is 6.16. The number of nitrogens with zero attached hydrogens (tertiary/aromatic N) is 1. The molecule has 1 aromatic heterocycles. The highest BCUT2D eigenvalue weighted by Crippen LogP contribution is 2.42. The van der Waals surface area contributed by atoms with Gasteiger partial charge >= 0.3 is 5.69 Å². The molecule has 4 rings (SSSR count). The van der Waals surface area contributed by atoms with Gasteiger partial charge in [-0.05, 0) is 36.0 Å². The minimum atomic E-state index is -0.765. The molecule has 0 aliphatic rings. The van der Waals surface area contributed by atoms with Gasteiger partial charge < -0.3 is 9.30 Å². The van der Waals surface area contributed by atoms with Crippen molar-refractivity contribution in [2.75, 3.05) is 0 Å². The first kappa shape index (κ1) is 23.5. The number of H-pyrrole nitrogens is 1. The molecule has 0 aliphatic heterocycles. The third-order valence-electron chi connectivity index (χ3n) is 6.16. The lowest BCUT2D eigenvalue weighted by molar-refractivity contribution is -0.0535. The van der Waals surface area contributed by atoms with Crippen LogP contribution in [0.4, 0.5) is 0 Å². The van der Waals surface area contributed by atoms with Crippen molar-refractivity contribution in [2.24, 2.45) is 0 Å². The molecule has 0 amide bonds. The van der Waals surface area contributed by atoms with Crippen molar-refractivity contribution in [2.45, 2.75) is 44.4 Å². The van der Waals surface area contributed by atoms with E-state index in [9.17, 15) is 9.59 Å². The standard InChI is InChI=1S/C29H30N2O3/c1-2-26(19-12-21-31-22-20-27(32)30-28(31)33)34-29(23-13-6-3-7-14-23,24-15-8-4-9-16-24)25-17-10-5-11-18-25/h3-11,13-18,20,22,26H,2,12,19,21H2,1H3,(H,30,32,33). The number of benzene rings is 3. The largest absolute Gasteiger partial charge is 0.358 e. The first-order valence-corrected chi connectivity index (χ1v) is 11.8. The summed E-state index contributed by atoms with van der Waals surface area (Å²) < 4.78 is 8.62. The van der Waals surface area contributed by atoms with Crippen LogP contribution >= 0.6 is 0 Å². The number of aromatic nitrogens is 2. The topological polar surface area (TPSA) is 64.1 Å². The highest BCUT2D eigenvalue weighted by atomic mass is 16.5. The maximum absolute atomic E-state index is 12.0. The molecule has 3 aromatic carbocycles. The zero-order chi connectivity index (χ0) is 23.8. The van der Waals surface area contributed by atoms with Crippen molar-refractivity contribution in [3.8, 4) is 0 Å². The normalized spacial score (nSPS) is 12.4. The maximum Gasteiger partial charge on any atom is 0.328 e. The van der Waals surface area contributed by atoms with E-state index in [4.69, 9.17) is 4.74 Å². The predicted octanol–water partition coefficient (Wildman–Crippen LogP) is 5.10. The molecule has 0 saturated heterocycles. The Hall–Kier alpha value is -3.70. The summed E-state index contributed by atoms with van der Waals surface area (Å²) >= 11 is 0. The van der Waals surface area contributed by atoms with Gasteiger partial charge in [0.2, 0.25) is 0 Å². The highest BCUT2D eigenvalue weighted by Gasteiger charge is 2.39. The molecule has 1 heterocycles. The molecule has 0 spiro atoms. The average molecular weight is 455 g/mol. The zero-order valence-corrected chi connectivity index (χ0v) is 19.4. The number of aromatic amines is 1. The van der Waals surface area contributed by atoms with Crippen LogP contribution in [0.2, 0.25) is 0 Å². The quantitative estimate of drug-likeness (QED) is 0.339. The van der Waals surface area contributed by atoms with E-state index >= 15 is 0 Å². The Morgan fingerprint density at radius 3 is 1.74 bits per heavy atom. The van der Waals surface area contributed by atoms with Crippen molar-refractivity contribution in [1.29, 1.82) is 0 Å². The SMILES string of the molecule is CCC(CCCn1ccc(=O)[nH]c1=O)OC(c1ccccc1)(c1ccccc1)c1ccccc1. The summed E-state index contributed by atoms with van der Waals surface area (Å²) in [6.45, 7) is 2.65. The van der Waals surface area contributed by atoms with Crippen LogP contribution in [0.1, 0.15) is 42.9 Å². The van der Waals surface area contributed by atoms with Gasteiger partial charge in [0.25, 0.3) is 5.56 Å². The summed E-state index contributed by atoms with van der Waals surface area (Å²) in [5.41, 5.74) is 1.69. The van der Waals surface area contributed by atoms with Crippen LogP contribution in [0.5, 0.6) is 0 Å². The van der Waals surface area contributed by atoms with E-state index < -0.39 is 5.60 Å². The summed E-state index contributed by atoms with van der Waals surface area (Å²) in [4.78, 5) is 25.7. The molecule has 5 heteroatoms. The number of rotatable bonds is 10. The van der Waals surface area contributed by atoms with Gasteiger partial charge in [-0.2, -0.15) is 0 Å². The van der Waals surface area contributed by atoms with E-state index in [0.717, 1.165) is 36.0 Å². The molecule has 1 N–H and O–H groups in total. The van der Waals surface area contributed by atoms with Gasteiger partial charge in [-0.3, -0.25) is 9.78 Å². The fraction of sp³-hybridized carbons (Fsp3) is 0.241. The van der Waals surface area contributed by atoms with Crippen LogP contribution < -0.4 is 11.2 Å². The first-order valence-electron chi connectivity index (χ1n) is 11.8. The van der Waals surface area contributed by atoms with Crippen LogP contribution in [0.3, 0.4) is 0 Å². The van der Waals surface area contributed by atoms with Gasteiger partial charge in [0, 0.05) is 18.8 Å². The molecular formula is C29H30N2O3. The lowest BCUT2D eigenvalue weighted by atomic mass is 9.79. The van der Waals surface area contributed by atoms with E-state index in [1.165, 1.54) is 10.6 Å². The van der Waals surface area contributed by atoms with Gasteiger partial charge in [0.1, 0.15) is 5.60 Å². The number of hydrogen-bond acceptors (Lipinski definition) is 3. The predicted molar refractivity (Wildman–Crippen MR) is 135 cm³/mol. The average Bonchev–Trinajstić information content (AvgIpc) is 2.89. The summed E-state index contributed by atoms with van der Waals surface area (Å²) in [6, 6.07) is 32.4. The molecule has 0 bridgehead atoms. The fourth-order valence-corrected chi connectivity index (χ4v) is 4.43. The number of nitrogens with one attached hydrogen (secondary N) is 1. The van der Waals surface area contributed by atoms with Gasteiger partial charge in [-0.15, -0.1) is 0 Å². The molecule has 1 atom stereocenters. The Balaban J connectivity index is 1.68. The van der Waals surface area contributed by atoms with Gasteiger partial charge in [-0.1, -0.05) is 97.9 Å². The molecule has 0 aliphatic carbocycles. The van der Waals surface area contributed by atoms with E-state index in [2.05, 4.69) is 48.3 Å². The number of ether oxygens (including phenoxy) is 1. The summed E-state index contributed by atoms with van der Waals surface area (Å²) in [7, 11) is 0. The van der Waals surface area contributed by atoms with E-state index in [1.807, 2.05) is 54.6 Å². The van der Waals surface area contributed by atoms with E-state index in [0.29, 0.717) is 6.54 Å². The van der Waals surface area contributed by atoms with Crippen LogP contribution in [0.15, 0.2) is 113 Å². The lowest BCUT2D eigenvalue weighted by Gasteiger charge is -2.39. The first-order chi connectivity index (χ1) is 16.6. The number of aryl methyl sites for hydroxylation is 1. The summed E-state index contributed by atoms with van der Waals surface area (Å²) in [5.74, 6) is 0. The summed E-state index contributed by atoms with van der Waals surface area (Å²) in [5, 5.41) is 0. The summed E-state index contributed by atoms with van der Waals surface area (Å²) in [6.07, 6.45) is 3.86. The van der Waals surface area contributed by atoms with Crippen LogP contribution in [-0.4, -0.2) is 15.7 Å². The maximum atomic E-state index is 12.0. The Morgan fingerprint density at radius 2 is 1.29 bits per heavy atom. The fourth-order valence-electron chi connectivity index (χ4n) is 4.43. The van der Waals surface area contributed by atoms with Gasteiger partial charge in [-0.25, -0.2) is 4.79 Å². The van der Waals surface area contributed by atoms with Crippen LogP contribution in [-0.2, 0) is 16.9 Å². The third kappa shape index (κ3) is 5.10. The molecular weight excluding hydrogens is 424 g/mol. The van der Waals surface area contributed by atoms with E-state index in [1.54, 1.807) is 6.20 Å². The zero-order valence-electron chi connectivity index (χ0n) is 19.4. The smallest absolute Gasteiger partial charge is 0.328 e. The molecule has 1 unspecified atom stereocenters. The number of hydrogen-bond donors (Lipinski definition) is 1. The second-order valence-electron chi connectivity index (χ2n) is 8.37. The van der Waals surface area contributed by atoms with Gasteiger partial charge in [0.15, 0.2) is 0 Å². The molecule has 4 aromatic rings. The Bertz CT molecular complexity index is 1180. The molecule has 0 saturated carbocycles.